The molecule has 2 nitrogen and oxygen atoms in total. The summed E-state index contributed by atoms with van der Waals surface area (Å²) in [6.45, 7) is 10.2. The third-order valence-electron chi connectivity index (χ3n) is 5.26. The molecule has 0 bridgehead atoms. The second-order valence-corrected chi connectivity index (χ2v) is 9.54. The topological polar surface area (TPSA) is 15.6 Å². The second kappa shape index (κ2) is 6.95. The number of amidine groups is 1. The Morgan fingerprint density at radius 1 is 1.22 bits per heavy atom. The predicted molar refractivity (Wildman–Crippen MR) is 111 cm³/mol. The summed E-state index contributed by atoms with van der Waals surface area (Å²) in [5, 5.41) is 1.25. The van der Waals surface area contributed by atoms with Gasteiger partial charge in [0.15, 0.2) is 5.17 Å². The molecule has 0 radical (unpaired) electrons. The first-order chi connectivity index (χ1) is 10.9. The minimum absolute atomic E-state index is 0.389. The van der Waals surface area contributed by atoms with Gasteiger partial charge in [0.2, 0.25) is 0 Å². The maximum absolute atomic E-state index is 5.12. The van der Waals surface area contributed by atoms with E-state index in [0.29, 0.717) is 11.5 Å². The standard InChI is InChI=1S/C19H27IN2S/c1-13(2)11-22-18(23-12-19(22)9-5-6-10-19)21-17-8-7-16(20)14(3)15(17)4/h7-8,13H,5-6,9-12H2,1-4H3. The molecule has 1 aliphatic heterocycles. The first kappa shape index (κ1) is 17.6. The molecule has 2 fully saturated rings. The van der Waals surface area contributed by atoms with E-state index in [2.05, 4.69) is 67.3 Å². The van der Waals surface area contributed by atoms with E-state index in [0.717, 1.165) is 12.2 Å². The van der Waals surface area contributed by atoms with Gasteiger partial charge in [0.25, 0.3) is 0 Å². The Morgan fingerprint density at radius 3 is 2.57 bits per heavy atom. The van der Waals surface area contributed by atoms with Crippen LogP contribution in [-0.2, 0) is 0 Å². The van der Waals surface area contributed by atoms with Crippen molar-refractivity contribution in [3.05, 3.63) is 26.8 Å². The van der Waals surface area contributed by atoms with E-state index in [1.54, 1.807) is 0 Å². The van der Waals surface area contributed by atoms with Crippen molar-refractivity contribution in [3.8, 4) is 0 Å². The molecule has 3 rings (SSSR count). The fraction of sp³-hybridized carbons (Fsp3) is 0.632. The average molecular weight is 442 g/mol. The zero-order chi connectivity index (χ0) is 16.6. The zero-order valence-corrected chi connectivity index (χ0v) is 17.6. The van der Waals surface area contributed by atoms with Gasteiger partial charge in [-0.2, -0.15) is 0 Å². The summed E-state index contributed by atoms with van der Waals surface area (Å²) in [6.07, 6.45) is 5.45. The van der Waals surface area contributed by atoms with E-state index in [1.165, 1.54) is 51.3 Å². The highest BCUT2D eigenvalue weighted by atomic mass is 127. The van der Waals surface area contributed by atoms with Crippen molar-refractivity contribution in [1.82, 2.24) is 4.90 Å². The molecule has 23 heavy (non-hydrogen) atoms. The lowest BCUT2D eigenvalue weighted by atomic mass is 9.97. The number of benzene rings is 1. The van der Waals surface area contributed by atoms with Crippen LogP contribution in [-0.4, -0.2) is 27.9 Å². The van der Waals surface area contributed by atoms with Crippen molar-refractivity contribution in [2.45, 2.75) is 58.9 Å². The van der Waals surface area contributed by atoms with E-state index in [1.807, 2.05) is 11.8 Å². The molecule has 1 saturated heterocycles. The molecule has 0 amide bonds. The molecule has 0 atom stereocenters. The van der Waals surface area contributed by atoms with Gasteiger partial charge in [0.1, 0.15) is 0 Å². The minimum Gasteiger partial charge on any atom is -0.344 e. The largest absolute Gasteiger partial charge is 0.344 e. The third-order valence-corrected chi connectivity index (χ3v) is 7.68. The second-order valence-electron chi connectivity index (χ2n) is 7.44. The Balaban J connectivity index is 1.96. The van der Waals surface area contributed by atoms with Gasteiger partial charge in [-0.15, -0.1) is 0 Å². The van der Waals surface area contributed by atoms with E-state index < -0.39 is 0 Å². The highest BCUT2D eigenvalue weighted by Crippen LogP contribution is 2.45. The van der Waals surface area contributed by atoms with Crippen LogP contribution in [0.2, 0.25) is 0 Å². The van der Waals surface area contributed by atoms with Crippen LogP contribution in [0.15, 0.2) is 17.1 Å². The van der Waals surface area contributed by atoms with Gasteiger partial charge < -0.3 is 4.90 Å². The molecule has 0 N–H and O–H groups in total. The monoisotopic (exact) mass is 442 g/mol. The molecular formula is C19H27IN2S. The van der Waals surface area contributed by atoms with Crippen LogP contribution in [0.3, 0.4) is 0 Å². The van der Waals surface area contributed by atoms with Gasteiger partial charge in [-0.05, 0) is 78.5 Å². The highest BCUT2D eigenvalue weighted by molar-refractivity contribution is 14.1. The molecule has 0 unspecified atom stereocenters. The first-order valence-corrected chi connectivity index (χ1v) is 10.7. The Labute approximate surface area is 158 Å². The molecule has 1 aromatic rings. The van der Waals surface area contributed by atoms with Crippen molar-refractivity contribution in [3.63, 3.8) is 0 Å². The summed E-state index contributed by atoms with van der Waals surface area (Å²) >= 11 is 4.39. The summed E-state index contributed by atoms with van der Waals surface area (Å²) in [4.78, 5) is 7.77. The van der Waals surface area contributed by atoms with Crippen molar-refractivity contribution < 1.29 is 0 Å². The molecule has 126 valence electrons. The van der Waals surface area contributed by atoms with Crippen LogP contribution in [0.5, 0.6) is 0 Å². The fourth-order valence-electron chi connectivity index (χ4n) is 3.73. The SMILES string of the molecule is Cc1c(I)ccc(N=C2SCC3(CCCC3)N2CC(C)C)c1C. The van der Waals surface area contributed by atoms with E-state index in [9.17, 15) is 0 Å². The molecule has 0 aromatic heterocycles. The van der Waals surface area contributed by atoms with Crippen molar-refractivity contribution in [2.75, 3.05) is 12.3 Å². The van der Waals surface area contributed by atoms with E-state index >= 15 is 0 Å². The summed E-state index contributed by atoms with van der Waals surface area (Å²) in [5.41, 5.74) is 4.22. The number of rotatable bonds is 3. The van der Waals surface area contributed by atoms with Gasteiger partial charge in [0, 0.05) is 15.9 Å². The molecular weight excluding hydrogens is 415 g/mol. The normalized spacial score (nSPS) is 22.0. The van der Waals surface area contributed by atoms with Gasteiger partial charge in [-0.3, -0.25) is 0 Å². The Hall–Kier alpha value is -0.230. The van der Waals surface area contributed by atoms with Crippen molar-refractivity contribution >= 4 is 45.2 Å². The summed E-state index contributed by atoms with van der Waals surface area (Å²) in [7, 11) is 0. The van der Waals surface area contributed by atoms with Gasteiger partial charge in [0.05, 0.1) is 11.2 Å². The van der Waals surface area contributed by atoms with Gasteiger partial charge in [-0.25, -0.2) is 4.99 Å². The molecule has 1 aromatic carbocycles. The lowest BCUT2D eigenvalue weighted by molar-refractivity contribution is 0.198. The summed E-state index contributed by atoms with van der Waals surface area (Å²) < 4.78 is 1.33. The number of hydrogen-bond donors (Lipinski definition) is 0. The zero-order valence-electron chi connectivity index (χ0n) is 14.7. The van der Waals surface area contributed by atoms with Crippen molar-refractivity contribution in [1.29, 1.82) is 0 Å². The Kier molecular flexibility index (Phi) is 5.31. The molecule has 1 aliphatic carbocycles. The van der Waals surface area contributed by atoms with Crippen LogP contribution in [0.1, 0.15) is 50.7 Å². The van der Waals surface area contributed by atoms with E-state index in [-0.39, 0.29) is 0 Å². The third kappa shape index (κ3) is 3.44. The molecule has 1 saturated carbocycles. The maximum atomic E-state index is 5.12. The summed E-state index contributed by atoms with van der Waals surface area (Å²) in [5.74, 6) is 1.90. The van der Waals surface area contributed by atoms with E-state index in [4.69, 9.17) is 4.99 Å². The molecule has 2 aliphatic rings. The van der Waals surface area contributed by atoms with Gasteiger partial charge >= 0.3 is 0 Å². The summed E-state index contributed by atoms with van der Waals surface area (Å²) in [6, 6.07) is 4.38. The number of nitrogens with zero attached hydrogens (tertiary/aromatic N) is 2. The first-order valence-electron chi connectivity index (χ1n) is 8.68. The lowest BCUT2D eigenvalue weighted by Gasteiger charge is -2.37. The van der Waals surface area contributed by atoms with Crippen LogP contribution >= 0.6 is 34.4 Å². The van der Waals surface area contributed by atoms with Crippen LogP contribution in [0.25, 0.3) is 0 Å². The number of hydrogen-bond acceptors (Lipinski definition) is 2. The van der Waals surface area contributed by atoms with Crippen molar-refractivity contribution in [2.24, 2.45) is 10.9 Å². The smallest absolute Gasteiger partial charge is 0.164 e. The Bertz CT molecular complexity index is 618. The Morgan fingerprint density at radius 2 is 1.91 bits per heavy atom. The highest BCUT2D eigenvalue weighted by Gasteiger charge is 2.46. The molecule has 1 spiro atoms. The average Bonchev–Trinajstić information content (AvgIpc) is 3.10. The molecule has 4 heteroatoms. The van der Waals surface area contributed by atoms with Gasteiger partial charge in [-0.1, -0.05) is 38.5 Å². The van der Waals surface area contributed by atoms with Crippen LogP contribution < -0.4 is 0 Å². The minimum atomic E-state index is 0.389. The number of aliphatic imine (C=N–C) groups is 1. The number of halogens is 1. The lowest BCUT2D eigenvalue weighted by Crippen LogP contribution is -2.46. The van der Waals surface area contributed by atoms with Crippen LogP contribution in [0.4, 0.5) is 5.69 Å². The number of thioether (sulfide) groups is 1. The quantitative estimate of drug-likeness (QED) is 0.541. The van der Waals surface area contributed by atoms with Crippen LogP contribution in [0, 0.1) is 23.3 Å². The molecule has 1 heterocycles. The predicted octanol–water partition coefficient (Wildman–Crippen LogP) is 5.91. The fourth-order valence-corrected chi connectivity index (χ4v) is 5.75. The maximum Gasteiger partial charge on any atom is 0.164 e.